The normalized spacial score (nSPS) is 23.2. The third-order valence-corrected chi connectivity index (χ3v) is 5.11. The summed E-state index contributed by atoms with van der Waals surface area (Å²) < 4.78 is 5.81. The van der Waals surface area contributed by atoms with E-state index in [1.807, 2.05) is 26.8 Å². The molecule has 1 fully saturated rings. The molecular weight excluding hydrogens is 314 g/mol. The van der Waals surface area contributed by atoms with Gasteiger partial charge in [0.2, 0.25) is 5.91 Å². The Morgan fingerprint density at radius 2 is 1.88 bits per heavy atom. The number of hydrogen-bond acceptors (Lipinski definition) is 3. The van der Waals surface area contributed by atoms with Gasteiger partial charge >= 0.3 is 5.97 Å². The van der Waals surface area contributed by atoms with Crippen LogP contribution in [-0.4, -0.2) is 35.5 Å². The van der Waals surface area contributed by atoms with Gasteiger partial charge in [-0.2, -0.15) is 0 Å². The number of aryl methyl sites for hydroxylation is 1. The number of carbonyl (C=O) groups excluding carboxylic acids is 2. The van der Waals surface area contributed by atoms with E-state index >= 15 is 0 Å². The molecule has 136 valence electrons. The number of esters is 1. The van der Waals surface area contributed by atoms with Gasteiger partial charge in [-0.1, -0.05) is 45.0 Å². The van der Waals surface area contributed by atoms with E-state index in [2.05, 4.69) is 18.2 Å². The number of nitrogens with zero attached hydrogens (tertiary/aromatic N) is 1. The van der Waals surface area contributed by atoms with Crippen molar-refractivity contribution in [2.75, 3.05) is 6.54 Å². The molecule has 1 heterocycles. The first-order valence-electron chi connectivity index (χ1n) is 9.40. The number of amides is 1. The molecule has 2 atom stereocenters. The van der Waals surface area contributed by atoms with Crippen LogP contribution in [0.1, 0.15) is 57.6 Å². The van der Waals surface area contributed by atoms with E-state index in [4.69, 9.17) is 4.74 Å². The molecule has 0 aromatic heterocycles. The predicted molar refractivity (Wildman–Crippen MR) is 97.2 cm³/mol. The summed E-state index contributed by atoms with van der Waals surface area (Å²) in [5.41, 5.74) is 2.57. The van der Waals surface area contributed by atoms with Crippen LogP contribution in [-0.2, 0) is 27.2 Å². The number of ether oxygens (including phenoxy) is 1. The van der Waals surface area contributed by atoms with E-state index in [1.54, 1.807) is 4.90 Å². The lowest BCUT2D eigenvalue weighted by molar-refractivity contribution is -0.158. The van der Waals surface area contributed by atoms with Crippen molar-refractivity contribution in [2.24, 2.45) is 5.41 Å². The van der Waals surface area contributed by atoms with Crippen molar-refractivity contribution in [1.82, 2.24) is 4.90 Å². The summed E-state index contributed by atoms with van der Waals surface area (Å²) in [6.07, 6.45) is 4.60. The molecule has 0 saturated carbocycles. The maximum atomic E-state index is 12.7. The van der Waals surface area contributed by atoms with E-state index in [1.165, 1.54) is 11.1 Å². The second-order valence-electron chi connectivity index (χ2n) is 8.55. The van der Waals surface area contributed by atoms with Crippen LogP contribution < -0.4 is 0 Å². The number of benzene rings is 1. The van der Waals surface area contributed by atoms with Crippen LogP contribution in [0.25, 0.3) is 0 Å². The molecule has 0 bridgehead atoms. The molecule has 0 spiro atoms. The van der Waals surface area contributed by atoms with Gasteiger partial charge in [0.1, 0.15) is 12.1 Å². The highest BCUT2D eigenvalue weighted by Gasteiger charge is 2.37. The Balaban J connectivity index is 1.60. The second-order valence-corrected chi connectivity index (χ2v) is 8.55. The standard InChI is InChI=1S/C21H29NO3/c1-21(2,3)14-19(23)22-12-6-9-18(22)20(24)25-17-11-10-15-7-4-5-8-16(15)13-17/h4-5,7-8,17-18H,6,9-14H2,1-3H3. The first-order valence-corrected chi connectivity index (χ1v) is 9.40. The zero-order valence-electron chi connectivity index (χ0n) is 15.6. The summed E-state index contributed by atoms with van der Waals surface area (Å²) in [4.78, 5) is 27.0. The molecule has 2 aliphatic rings. The molecule has 1 aliphatic carbocycles. The summed E-state index contributed by atoms with van der Waals surface area (Å²) in [6, 6.07) is 7.96. The van der Waals surface area contributed by atoms with Crippen LogP contribution in [0.2, 0.25) is 0 Å². The fraction of sp³-hybridized carbons (Fsp3) is 0.619. The summed E-state index contributed by atoms with van der Waals surface area (Å²) >= 11 is 0. The Labute approximate surface area is 150 Å². The van der Waals surface area contributed by atoms with E-state index in [0.717, 1.165) is 32.1 Å². The van der Waals surface area contributed by atoms with E-state index in [-0.39, 0.29) is 23.4 Å². The number of hydrogen-bond donors (Lipinski definition) is 0. The van der Waals surface area contributed by atoms with Crippen molar-refractivity contribution >= 4 is 11.9 Å². The molecule has 0 N–H and O–H groups in total. The highest BCUT2D eigenvalue weighted by Crippen LogP contribution is 2.27. The summed E-state index contributed by atoms with van der Waals surface area (Å²) in [7, 11) is 0. The van der Waals surface area contributed by atoms with Crippen molar-refractivity contribution in [3.63, 3.8) is 0 Å². The topological polar surface area (TPSA) is 46.6 Å². The van der Waals surface area contributed by atoms with Crippen molar-refractivity contribution in [3.05, 3.63) is 35.4 Å². The fourth-order valence-corrected chi connectivity index (χ4v) is 3.87. The van der Waals surface area contributed by atoms with Crippen molar-refractivity contribution < 1.29 is 14.3 Å². The number of fused-ring (bicyclic) bond motifs is 1. The van der Waals surface area contributed by atoms with E-state index in [9.17, 15) is 9.59 Å². The van der Waals surface area contributed by atoms with Crippen LogP contribution in [0.5, 0.6) is 0 Å². The summed E-state index contributed by atoms with van der Waals surface area (Å²) in [5, 5.41) is 0. The summed E-state index contributed by atoms with van der Waals surface area (Å²) in [5.74, 6) is -0.148. The van der Waals surface area contributed by atoms with Crippen molar-refractivity contribution in [3.8, 4) is 0 Å². The Morgan fingerprint density at radius 1 is 1.16 bits per heavy atom. The number of likely N-dealkylation sites (tertiary alicyclic amines) is 1. The number of rotatable bonds is 3. The highest BCUT2D eigenvalue weighted by molar-refractivity contribution is 5.85. The second kappa shape index (κ2) is 7.19. The Kier molecular flexibility index (Phi) is 5.16. The number of carbonyl (C=O) groups is 2. The minimum Gasteiger partial charge on any atom is -0.460 e. The summed E-state index contributed by atoms with van der Waals surface area (Å²) in [6.45, 7) is 6.82. The molecule has 25 heavy (non-hydrogen) atoms. The quantitative estimate of drug-likeness (QED) is 0.789. The van der Waals surface area contributed by atoms with Gasteiger partial charge in [-0.05, 0) is 42.2 Å². The van der Waals surface area contributed by atoms with Crippen LogP contribution in [0.4, 0.5) is 0 Å². The van der Waals surface area contributed by atoms with Gasteiger partial charge in [0.05, 0.1) is 0 Å². The molecular formula is C21H29NO3. The predicted octanol–water partition coefficient (Wildman–Crippen LogP) is 3.51. The van der Waals surface area contributed by atoms with E-state index in [0.29, 0.717) is 13.0 Å². The fourth-order valence-electron chi connectivity index (χ4n) is 3.87. The molecule has 1 saturated heterocycles. The van der Waals surface area contributed by atoms with Crippen molar-refractivity contribution in [2.45, 2.75) is 71.4 Å². The molecule has 1 aliphatic heterocycles. The van der Waals surface area contributed by atoms with Gasteiger partial charge in [0.25, 0.3) is 0 Å². The molecule has 1 amide bonds. The van der Waals surface area contributed by atoms with Crippen molar-refractivity contribution in [1.29, 1.82) is 0 Å². The maximum Gasteiger partial charge on any atom is 0.329 e. The van der Waals surface area contributed by atoms with Gasteiger partial charge in [-0.3, -0.25) is 4.79 Å². The largest absolute Gasteiger partial charge is 0.460 e. The smallest absolute Gasteiger partial charge is 0.329 e. The molecule has 0 radical (unpaired) electrons. The average Bonchev–Trinajstić information content (AvgIpc) is 3.03. The molecule has 2 unspecified atom stereocenters. The van der Waals surface area contributed by atoms with Crippen LogP contribution in [0.15, 0.2) is 24.3 Å². The molecule has 3 rings (SSSR count). The minimum absolute atomic E-state index is 0.0671. The first-order chi connectivity index (χ1) is 11.8. The molecule has 4 heteroatoms. The zero-order valence-corrected chi connectivity index (χ0v) is 15.6. The van der Waals surface area contributed by atoms with Gasteiger partial charge in [-0.15, -0.1) is 0 Å². The Bertz CT molecular complexity index is 647. The lowest BCUT2D eigenvalue weighted by atomic mass is 9.90. The minimum atomic E-state index is -0.396. The molecule has 4 nitrogen and oxygen atoms in total. The average molecular weight is 343 g/mol. The van der Waals surface area contributed by atoms with Gasteiger partial charge in [0, 0.05) is 19.4 Å². The third kappa shape index (κ3) is 4.42. The van der Waals surface area contributed by atoms with Gasteiger partial charge in [0.15, 0.2) is 0 Å². The SMILES string of the molecule is CC(C)(C)CC(=O)N1CCCC1C(=O)OC1CCc2ccccc2C1. The monoisotopic (exact) mass is 343 g/mol. The lowest BCUT2D eigenvalue weighted by Crippen LogP contribution is -2.44. The Morgan fingerprint density at radius 3 is 2.60 bits per heavy atom. The maximum absolute atomic E-state index is 12.7. The highest BCUT2D eigenvalue weighted by atomic mass is 16.5. The first kappa shape index (κ1) is 18.0. The molecule has 1 aromatic rings. The van der Waals surface area contributed by atoms with Crippen LogP contribution >= 0.6 is 0 Å². The lowest BCUT2D eigenvalue weighted by Gasteiger charge is -2.30. The van der Waals surface area contributed by atoms with Gasteiger partial charge < -0.3 is 9.64 Å². The van der Waals surface area contributed by atoms with Crippen LogP contribution in [0.3, 0.4) is 0 Å². The zero-order chi connectivity index (χ0) is 18.0. The van der Waals surface area contributed by atoms with E-state index < -0.39 is 6.04 Å². The third-order valence-electron chi connectivity index (χ3n) is 5.11. The van der Waals surface area contributed by atoms with Gasteiger partial charge in [-0.25, -0.2) is 4.79 Å². The molecule has 1 aromatic carbocycles. The Hall–Kier alpha value is -1.84. The van der Waals surface area contributed by atoms with Crippen LogP contribution in [0, 0.1) is 5.41 Å².